The van der Waals surface area contributed by atoms with Gasteiger partial charge in [-0.05, 0) is 12.8 Å². The Balaban J connectivity index is 2.35. The zero-order chi connectivity index (χ0) is 7.40. The lowest BCUT2D eigenvalue weighted by atomic mass is 10.1. The highest BCUT2D eigenvalue weighted by molar-refractivity contribution is 5.15. The predicted octanol–water partition coefficient (Wildman–Crippen LogP) is 1.92. The summed E-state index contributed by atoms with van der Waals surface area (Å²) in [5.41, 5.74) is 0. The van der Waals surface area contributed by atoms with Gasteiger partial charge in [-0.25, -0.2) is 4.74 Å². The Morgan fingerprint density at radius 2 is 1.60 bits per heavy atom. The summed E-state index contributed by atoms with van der Waals surface area (Å²) in [4.78, 5) is 0. The lowest BCUT2D eigenvalue weighted by Crippen LogP contribution is -2.18. The van der Waals surface area contributed by atoms with E-state index in [-0.39, 0.29) is 6.04 Å². The lowest BCUT2D eigenvalue weighted by Gasteiger charge is -2.12. The monoisotopic (exact) mass is 141 g/mol. The number of rotatable bonds is 1. The third-order valence-corrected chi connectivity index (χ3v) is 2.23. The lowest BCUT2D eigenvalue weighted by molar-refractivity contribution is -0.494. The van der Waals surface area contributed by atoms with E-state index in [1.54, 1.807) is 0 Å². The topological polar surface area (TPSA) is 26.1 Å². The highest BCUT2D eigenvalue weighted by Gasteiger charge is 2.16. The molecule has 0 saturated heterocycles. The van der Waals surface area contributed by atoms with E-state index >= 15 is 0 Å². The summed E-state index contributed by atoms with van der Waals surface area (Å²) in [6.07, 6.45) is 7.10. The van der Waals surface area contributed by atoms with Gasteiger partial charge in [0.2, 0.25) is 0 Å². The molecule has 2 heteroatoms. The molecule has 0 aromatic rings. The largest absolute Gasteiger partial charge is 0.624 e. The molecule has 0 heterocycles. The molecule has 1 fully saturated rings. The van der Waals surface area contributed by atoms with Gasteiger partial charge in [-0.1, -0.05) is 12.8 Å². The van der Waals surface area contributed by atoms with Crippen molar-refractivity contribution >= 4 is 6.72 Å². The Morgan fingerprint density at radius 1 is 1.10 bits per heavy atom. The van der Waals surface area contributed by atoms with Crippen molar-refractivity contribution in [1.82, 2.24) is 0 Å². The first-order valence-electron chi connectivity index (χ1n) is 4.07. The molecule has 0 N–H and O–H groups in total. The third kappa shape index (κ3) is 2.01. The van der Waals surface area contributed by atoms with Gasteiger partial charge < -0.3 is 5.21 Å². The number of nitrogens with zero attached hydrogens (tertiary/aromatic N) is 1. The summed E-state index contributed by atoms with van der Waals surface area (Å²) < 4.78 is 0.880. The molecule has 0 unspecified atom stereocenters. The Hall–Kier alpha value is -0.530. The third-order valence-electron chi connectivity index (χ3n) is 2.23. The van der Waals surface area contributed by atoms with Crippen LogP contribution in [0.4, 0.5) is 0 Å². The van der Waals surface area contributed by atoms with Crippen molar-refractivity contribution in [3.63, 3.8) is 0 Å². The van der Waals surface area contributed by atoms with Crippen molar-refractivity contribution < 1.29 is 4.74 Å². The number of hydrogen-bond acceptors (Lipinski definition) is 1. The van der Waals surface area contributed by atoms with Gasteiger partial charge in [0.05, 0.1) is 0 Å². The number of hydrogen-bond donors (Lipinski definition) is 0. The molecule has 1 rings (SSSR count). The zero-order valence-electron chi connectivity index (χ0n) is 6.38. The average molecular weight is 141 g/mol. The van der Waals surface area contributed by atoms with E-state index in [2.05, 4.69) is 6.72 Å². The van der Waals surface area contributed by atoms with Gasteiger partial charge in [-0.2, -0.15) is 0 Å². The minimum absolute atomic E-state index is 0.211. The summed E-state index contributed by atoms with van der Waals surface area (Å²) in [5, 5.41) is 10.8. The molecule has 0 spiro atoms. The van der Waals surface area contributed by atoms with Crippen molar-refractivity contribution in [2.24, 2.45) is 0 Å². The molecule has 1 saturated carbocycles. The van der Waals surface area contributed by atoms with Crippen LogP contribution in [0, 0.1) is 5.21 Å². The predicted molar refractivity (Wildman–Crippen MR) is 42.2 cm³/mol. The van der Waals surface area contributed by atoms with Crippen LogP contribution in [0.1, 0.15) is 38.5 Å². The summed E-state index contributed by atoms with van der Waals surface area (Å²) in [5.74, 6) is 0. The second-order valence-corrected chi connectivity index (χ2v) is 3.06. The van der Waals surface area contributed by atoms with Crippen LogP contribution in [-0.2, 0) is 0 Å². The molecule has 0 aliphatic heterocycles. The number of hydroxylamine groups is 1. The van der Waals surface area contributed by atoms with Gasteiger partial charge in [-0.15, -0.1) is 0 Å². The van der Waals surface area contributed by atoms with E-state index in [4.69, 9.17) is 0 Å². The molecule has 0 amide bonds. The van der Waals surface area contributed by atoms with Crippen LogP contribution in [-0.4, -0.2) is 17.5 Å². The summed E-state index contributed by atoms with van der Waals surface area (Å²) in [6.45, 7) is 3.38. The first-order valence-corrected chi connectivity index (χ1v) is 4.07. The van der Waals surface area contributed by atoms with Gasteiger partial charge in [0.25, 0.3) is 0 Å². The zero-order valence-corrected chi connectivity index (χ0v) is 6.38. The van der Waals surface area contributed by atoms with Crippen molar-refractivity contribution in [2.45, 2.75) is 44.6 Å². The average Bonchev–Trinajstić information content (AvgIpc) is 2.12. The molecule has 1 aliphatic carbocycles. The van der Waals surface area contributed by atoms with Gasteiger partial charge in [-0.3, -0.25) is 0 Å². The Labute approximate surface area is 62.1 Å². The minimum Gasteiger partial charge on any atom is -0.624 e. The van der Waals surface area contributed by atoms with Crippen LogP contribution in [0.25, 0.3) is 0 Å². The molecule has 58 valence electrons. The molecule has 0 aromatic carbocycles. The molecule has 0 bridgehead atoms. The SMILES string of the molecule is C=[N+]([O-])C1CCCCCC1. The summed E-state index contributed by atoms with van der Waals surface area (Å²) in [6, 6.07) is 0.211. The fourth-order valence-electron chi connectivity index (χ4n) is 1.55. The van der Waals surface area contributed by atoms with E-state index in [0.29, 0.717) is 0 Å². The van der Waals surface area contributed by atoms with Crippen LogP contribution < -0.4 is 0 Å². The Morgan fingerprint density at radius 3 is 2.00 bits per heavy atom. The van der Waals surface area contributed by atoms with E-state index in [1.807, 2.05) is 0 Å². The van der Waals surface area contributed by atoms with Crippen LogP contribution in [0.15, 0.2) is 0 Å². The smallest absolute Gasteiger partial charge is 0.162 e. The molecule has 10 heavy (non-hydrogen) atoms. The van der Waals surface area contributed by atoms with Crippen LogP contribution in [0.3, 0.4) is 0 Å². The van der Waals surface area contributed by atoms with Crippen LogP contribution in [0.5, 0.6) is 0 Å². The second kappa shape index (κ2) is 3.59. The first kappa shape index (κ1) is 7.58. The van der Waals surface area contributed by atoms with Crippen LogP contribution in [0.2, 0.25) is 0 Å². The van der Waals surface area contributed by atoms with E-state index in [0.717, 1.165) is 17.6 Å². The molecule has 1 aliphatic rings. The highest BCUT2D eigenvalue weighted by Crippen LogP contribution is 2.18. The quantitative estimate of drug-likeness (QED) is 0.180. The molecule has 2 nitrogen and oxygen atoms in total. The second-order valence-electron chi connectivity index (χ2n) is 3.06. The van der Waals surface area contributed by atoms with Gasteiger partial charge in [0.15, 0.2) is 6.04 Å². The fraction of sp³-hybridized carbons (Fsp3) is 0.875. The van der Waals surface area contributed by atoms with Crippen LogP contribution >= 0.6 is 0 Å². The maximum Gasteiger partial charge on any atom is 0.162 e. The summed E-state index contributed by atoms with van der Waals surface area (Å²) >= 11 is 0. The molecular formula is C8H15NO. The van der Waals surface area contributed by atoms with E-state index in [9.17, 15) is 5.21 Å². The molecule has 0 atom stereocenters. The maximum absolute atomic E-state index is 10.8. The molecule has 0 radical (unpaired) electrons. The normalized spacial score (nSPS) is 22.0. The molecule has 0 aromatic heterocycles. The van der Waals surface area contributed by atoms with Crippen molar-refractivity contribution in [1.29, 1.82) is 0 Å². The van der Waals surface area contributed by atoms with Gasteiger partial charge in [0.1, 0.15) is 6.72 Å². The minimum atomic E-state index is 0.211. The molecular weight excluding hydrogens is 126 g/mol. The first-order chi connectivity index (χ1) is 4.80. The van der Waals surface area contributed by atoms with Gasteiger partial charge >= 0.3 is 0 Å². The van der Waals surface area contributed by atoms with E-state index < -0.39 is 0 Å². The Kier molecular flexibility index (Phi) is 2.72. The van der Waals surface area contributed by atoms with Crippen molar-refractivity contribution in [3.8, 4) is 0 Å². The standard InChI is InChI=1S/C8H15NO/c1-9(10)8-6-4-2-3-5-7-8/h8H,1-7H2. The van der Waals surface area contributed by atoms with Gasteiger partial charge in [0, 0.05) is 12.8 Å². The van der Waals surface area contributed by atoms with Crippen molar-refractivity contribution in [3.05, 3.63) is 5.21 Å². The summed E-state index contributed by atoms with van der Waals surface area (Å²) in [7, 11) is 0. The maximum atomic E-state index is 10.8. The fourth-order valence-corrected chi connectivity index (χ4v) is 1.55. The van der Waals surface area contributed by atoms with Crippen molar-refractivity contribution in [2.75, 3.05) is 0 Å². The highest BCUT2D eigenvalue weighted by atomic mass is 16.5. The Bertz CT molecular complexity index is 114. The van der Waals surface area contributed by atoms with E-state index in [1.165, 1.54) is 25.7 Å².